The number of rotatable bonds is 2. The lowest BCUT2D eigenvalue weighted by molar-refractivity contribution is 0.101. The molecule has 3 heterocycles. The molecule has 26 heavy (non-hydrogen) atoms. The van der Waals surface area contributed by atoms with Gasteiger partial charge < -0.3 is 19.5 Å². The number of carbonyl (C=O) groups excluding carboxylic acids is 1. The van der Waals surface area contributed by atoms with Gasteiger partial charge in [-0.15, -0.1) is 0 Å². The zero-order valence-electron chi connectivity index (χ0n) is 13.7. The fourth-order valence-corrected chi connectivity index (χ4v) is 3.17. The summed E-state index contributed by atoms with van der Waals surface area (Å²) in [5, 5.41) is 10.0. The van der Waals surface area contributed by atoms with E-state index in [0.717, 1.165) is 22.6 Å². The molecule has 7 heteroatoms. The average Bonchev–Trinajstić information content (AvgIpc) is 3.13. The van der Waals surface area contributed by atoms with Gasteiger partial charge >= 0.3 is 0 Å². The van der Waals surface area contributed by atoms with Crippen LogP contribution in [-0.4, -0.2) is 29.3 Å². The van der Waals surface area contributed by atoms with E-state index in [9.17, 15) is 4.79 Å². The zero-order valence-corrected chi connectivity index (χ0v) is 13.7. The van der Waals surface area contributed by atoms with E-state index in [1.54, 1.807) is 18.2 Å². The SMILES string of the molecule is O=C(Nc1ccc2c(c1)OCCO2)c1[nH]nc2c1COc1ccccc1-2. The Morgan fingerprint density at radius 2 is 1.85 bits per heavy atom. The van der Waals surface area contributed by atoms with E-state index >= 15 is 0 Å². The number of anilines is 1. The van der Waals surface area contributed by atoms with Crippen LogP contribution in [-0.2, 0) is 6.61 Å². The highest BCUT2D eigenvalue weighted by atomic mass is 16.6. The Morgan fingerprint density at radius 3 is 2.77 bits per heavy atom. The lowest BCUT2D eigenvalue weighted by Crippen LogP contribution is -2.18. The quantitative estimate of drug-likeness (QED) is 0.743. The number of carbonyl (C=O) groups is 1. The molecule has 0 unspecified atom stereocenters. The second-order valence-corrected chi connectivity index (χ2v) is 6.02. The Bertz CT molecular complexity index is 1010. The van der Waals surface area contributed by atoms with Crippen LogP contribution in [0.2, 0.25) is 0 Å². The highest BCUT2D eigenvalue weighted by Gasteiger charge is 2.26. The molecule has 0 spiro atoms. The standard InChI is InChI=1S/C19H15N3O4/c23-19(20-11-5-6-15-16(9-11)25-8-7-24-15)18-13-10-26-14-4-2-1-3-12(14)17(13)21-22-18/h1-6,9H,7-8,10H2,(H,20,23)(H,21,22). The molecule has 130 valence electrons. The van der Waals surface area contributed by atoms with Gasteiger partial charge in [0.2, 0.25) is 0 Å². The highest BCUT2D eigenvalue weighted by molar-refractivity contribution is 6.05. The Kier molecular flexibility index (Phi) is 3.31. The van der Waals surface area contributed by atoms with Crippen LogP contribution >= 0.6 is 0 Å². The first-order valence-electron chi connectivity index (χ1n) is 8.30. The van der Waals surface area contributed by atoms with Crippen LogP contribution in [0.25, 0.3) is 11.3 Å². The smallest absolute Gasteiger partial charge is 0.274 e. The maximum absolute atomic E-state index is 12.7. The average molecular weight is 349 g/mol. The molecule has 2 aliphatic rings. The number of H-pyrrole nitrogens is 1. The van der Waals surface area contributed by atoms with E-state index in [1.807, 2.05) is 24.3 Å². The van der Waals surface area contributed by atoms with Gasteiger partial charge in [-0.25, -0.2) is 0 Å². The predicted molar refractivity (Wildman–Crippen MR) is 93.7 cm³/mol. The van der Waals surface area contributed by atoms with Gasteiger partial charge in [-0.05, 0) is 24.3 Å². The van der Waals surface area contributed by atoms with Crippen LogP contribution in [0, 0.1) is 0 Å². The fraction of sp³-hybridized carbons (Fsp3) is 0.158. The van der Waals surface area contributed by atoms with E-state index in [2.05, 4.69) is 15.5 Å². The topological polar surface area (TPSA) is 85.5 Å². The molecule has 0 saturated heterocycles. The van der Waals surface area contributed by atoms with Crippen LogP contribution in [0.3, 0.4) is 0 Å². The van der Waals surface area contributed by atoms with E-state index in [1.165, 1.54) is 0 Å². The Morgan fingerprint density at radius 1 is 1.00 bits per heavy atom. The van der Waals surface area contributed by atoms with E-state index in [-0.39, 0.29) is 5.91 Å². The number of benzene rings is 2. The molecule has 0 fully saturated rings. The number of amides is 1. The molecule has 0 atom stereocenters. The molecule has 0 aliphatic carbocycles. The fourth-order valence-electron chi connectivity index (χ4n) is 3.17. The molecule has 1 aromatic heterocycles. The molecule has 0 saturated carbocycles. The number of fused-ring (bicyclic) bond motifs is 4. The van der Waals surface area contributed by atoms with Crippen molar-refractivity contribution in [1.82, 2.24) is 10.2 Å². The van der Waals surface area contributed by atoms with Crippen LogP contribution in [0.4, 0.5) is 5.69 Å². The molecule has 7 nitrogen and oxygen atoms in total. The summed E-state index contributed by atoms with van der Waals surface area (Å²) < 4.78 is 16.8. The maximum atomic E-state index is 12.7. The summed E-state index contributed by atoms with van der Waals surface area (Å²) in [5.74, 6) is 1.79. The normalized spacial score (nSPS) is 14.0. The number of aromatic nitrogens is 2. The number of nitrogens with zero attached hydrogens (tertiary/aromatic N) is 1. The molecular weight excluding hydrogens is 334 g/mol. The van der Waals surface area contributed by atoms with Gasteiger partial charge in [-0.3, -0.25) is 9.89 Å². The van der Waals surface area contributed by atoms with E-state index in [4.69, 9.17) is 14.2 Å². The third-order valence-corrected chi connectivity index (χ3v) is 4.41. The molecular formula is C19H15N3O4. The number of para-hydroxylation sites is 1. The van der Waals surface area contributed by atoms with E-state index < -0.39 is 0 Å². The van der Waals surface area contributed by atoms with Crippen LogP contribution in [0.15, 0.2) is 42.5 Å². The van der Waals surface area contributed by atoms with Crippen molar-refractivity contribution in [2.75, 3.05) is 18.5 Å². The third kappa shape index (κ3) is 2.36. The van der Waals surface area contributed by atoms with Gasteiger partial charge in [-0.2, -0.15) is 5.10 Å². The number of hydrogen-bond donors (Lipinski definition) is 2. The minimum Gasteiger partial charge on any atom is -0.488 e. The molecule has 0 bridgehead atoms. The van der Waals surface area contributed by atoms with E-state index in [0.29, 0.717) is 42.7 Å². The van der Waals surface area contributed by atoms with Gasteiger partial charge in [0.25, 0.3) is 5.91 Å². The Labute approximate surface area is 148 Å². The summed E-state index contributed by atoms with van der Waals surface area (Å²) in [5.41, 5.74) is 3.39. The molecule has 2 N–H and O–H groups in total. The minimum absolute atomic E-state index is 0.279. The Balaban J connectivity index is 1.43. The van der Waals surface area contributed by atoms with Gasteiger partial charge in [0.05, 0.1) is 0 Å². The maximum Gasteiger partial charge on any atom is 0.274 e. The molecule has 1 amide bonds. The third-order valence-electron chi connectivity index (χ3n) is 4.41. The summed E-state index contributed by atoms with van der Waals surface area (Å²) in [6, 6.07) is 13.0. The van der Waals surface area contributed by atoms with Crippen molar-refractivity contribution in [3.05, 3.63) is 53.7 Å². The second kappa shape index (κ2) is 5.80. The first-order chi connectivity index (χ1) is 12.8. The second-order valence-electron chi connectivity index (χ2n) is 6.02. The zero-order chi connectivity index (χ0) is 17.5. The summed E-state index contributed by atoms with van der Waals surface area (Å²) in [6.07, 6.45) is 0. The summed E-state index contributed by atoms with van der Waals surface area (Å²) in [7, 11) is 0. The first-order valence-corrected chi connectivity index (χ1v) is 8.30. The molecule has 3 aromatic rings. The number of nitrogens with one attached hydrogen (secondary N) is 2. The van der Waals surface area contributed by atoms with Gasteiger partial charge in [0.1, 0.15) is 37.0 Å². The van der Waals surface area contributed by atoms with Crippen LogP contribution < -0.4 is 19.5 Å². The summed E-state index contributed by atoms with van der Waals surface area (Å²) >= 11 is 0. The lowest BCUT2D eigenvalue weighted by atomic mass is 10.0. The molecule has 5 rings (SSSR count). The van der Waals surface area contributed by atoms with Crippen LogP contribution in [0.5, 0.6) is 17.2 Å². The van der Waals surface area contributed by atoms with Crippen molar-refractivity contribution in [3.63, 3.8) is 0 Å². The molecule has 0 radical (unpaired) electrons. The van der Waals surface area contributed by atoms with Gasteiger partial charge in [0, 0.05) is 22.9 Å². The van der Waals surface area contributed by atoms with Crippen molar-refractivity contribution >= 4 is 11.6 Å². The monoisotopic (exact) mass is 349 g/mol. The predicted octanol–water partition coefficient (Wildman–Crippen LogP) is 2.99. The summed E-state index contributed by atoms with van der Waals surface area (Å²) in [6.45, 7) is 1.32. The lowest BCUT2D eigenvalue weighted by Gasteiger charge is -2.19. The van der Waals surface area contributed by atoms with Gasteiger partial charge in [0.15, 0.2) is 11.5 Å². The van der Waals surface area contributed by atoms with Crippen molar-refractivity contribution < 1.29 is 19.0 Å². The summed E-state index contributed by atoms with van der Waals surface area (Å²) in [4.78, 5) is 12.7. The van der Waals surface area contributed by atoms with Crippen molar-refractivity contribution in [2.45, 2.75) is 6.61 Å². The van der Waals surface area contributed by atoms with Crippen molar-refractivity contribution in [3.8, 4) is 28.5 Å². The number of hydrogen-bond acceptors (Lipinski definition) is 5. The van der Waals surface area contributed by atoms with Crippen molar-refractivity contribution in [1.29, 1.82) is 0 Å². The first kappa shape index (κ1) is 14.8. The van der Waals surface area contributed by atoms with Crippen LogP contribution in [0.1, 0.15) is 16.1 Å². The number of ether oxygens (including phenoxy) is 3. The molecule has 2 aliphatic heterocycles. The highest BCUT2D eigenvalue weighted by Crippen LogP contribution is 2.37. The number of aromatic amines is 1. The van der Waals surface area contributed by atoms with Crippen molar-refractivity contribution in [2.24, 2.45) is 0 Å². The van der Waals surface area contributed by atoms with Gasteiger partial charge in [-0.1, -0.05) is 12.1 Å². The largest absolute Gasteiger partial charge is 0.488 e. The Hall–Kier alpha value is -3.48. The molecule has 2 aromatic carbocycles. The minimum atomic E-state index is -0.279.